The number of nitrogens with zero attached hydrogens (tertiary/aromatic N) is 3. The lowest BCUT2D eigenvalue weighted by molar-refractivity contribution is 0.291. The molecule has 0 radical (unpaired) electrons. The first-order valence-corrected chi connectivity index (χ1v) is 11.1. The molecule has 5 heteroatoms. The van der Waals surface area contributed by atoms with E-state index >= 15 is 0 Å². The summed E-state index contributed by atoms with van der Waals surface area (Å²) in [5, 5.41) is 12.0. The molecule has 0 unspecified atom stereocenters. The van der Waals surface area contributed by atoms with Gasteiger partial charge in [0.25, 0.3) is 0 Å². The average molecular weight is 428 g/mol. The molecule has 0 aliphatic heterocycles. The Balaban J connectivity index is 0.000000735. The molecule has 0 saturated carbocycles. The Labute approximate surface area is 186 Å². The van der Waals surface area contributed by atoms with E-state index in [-0.39, 0.29) is 0 Å². The Morgan fingerprint density at radius 2 is 1.63 bits per heavy atom. The van der Waals surface area contributed by atoms with E-state index in [9.17, 15) is 5.11 Å². The summed E-state index contributed by atoms with van der Waals surface area (Å²) in [5.41, 5.74) is 3.86. The highest BCUT2D eigenvalue weighted by molar-refractivity contribution is 6.31. The summed E-state index contributed by atoms with van der Waals surface area (Å²) in [6.07, 6.45) is 4.43. The zero-order valence-corrected chi connectivity index (χ0v) is 19.6. The Morgan fingerprint density at radius 3 is 2.27 bits per heavy atom. The monoisotopic (exact) mass is 427 g/mol. The first-order valence-electron chi connectivity index (χ1n) is 10.8. The fourth-order valence-corrected chi connectivity index (χ4v) is 3.30. The van der Waals surface area contributed by atoms with E-state index in [1.807, 2.05) is 37.4 Å². The van der Waals surface area contributed by atoms with Crippen molar-refractivity contribution in [2.45, 2.75) is 47.1 Å². The minimum atomic E-state index is 0.334. The highest BCUT2D eigenvalue weighted by Gasteiger charge is 2.13. The smallest absolute Gasteiger partial charge is 0.120 e. The van der Waals surface area contributed by atoms with Crippen LogP contribution in [0.25, 0.3) is 10.9 Å². The van der Waals surface area contributed by atoms with Crippen LogP contribution in [0.2, 0.25) is 5.02 Å². The van der Waals surface area contributed by atoms with Gasteiger partial charge in [0, 0.05) is 41.4 Å². The number of hydrogen-bond donors (Lipinski definition) is 1. The third-order valence-electron chi connectivity index (χ3n) is 5.28. The Bertz CT molecular complexity index is 939. The number of rotatable bonds is 7. The first kappa shape index (κ1) is 24.0. The average Bonchev–Trinajstić information content (AvgIpc) is 2.77. The van der Waals surface area contributed by atoms with Crippen molar-refractivity contribution >= 4 is 33.9 Å². The van der Waals surface area contributed by atoms with Crippen LogP contribution in [0, 0.1) is 0 Å². The topological polar surface area (TPSA) is 39.6 Å². The third-order valence-corrected chi connectivity index (χ3v) is 5.52. The van der Waals surface area contributed by atoms with Crippen LogP contribution < -0.4 is 4.90 Å². The molecule has 0 aliphatic rings. The minimum Gasteiger partial charge on any atom is -0.508 e. The maximum atomic E-state index is 10.3. The van der Waals surface area contributed by atoms with Crippen molar-refractivity contribution < 1.29 is 5.11 Å². The summed E-state index contributed by atoms with van der Waals surface area (Å²) in [6, 6.07) is 13.5. The maximum Gasteiger partial charge on any atom is 0.120 e. The van der Waals surface area contributed by atoms with Gasteiger partial charge in [-0.1, -0.05) is 52.1 Å². The molecule has 0 aliphatic carbocycles. The molecular formula is C25H34ClN3O. The van der Waals surface area contributed by atoms with Gasteiger partial charge in [0.1, 0.15) is 5.75 Å². The lowest BCUT2D eigenvalue weighted by atomic mass is 10.1. The highest BCUT2D eigenvalue weighted by atomic mass is 35.5. The van der Waals surface area contributed by atoms with Crippen LogP contribution in [0.15, 0.2) is 48.7 Å². The van der Waals surface area contributed by atoms with Crippen LogP contribution in [0.5, 0.6) is 5.75 Å². The number of phenols is 1. The molecule has 3 rings (SSSR count). The number of halogens is 1. The Kier molecular flexibility index (Phi) is 9.41. The van der Waals surface area contributed by atoms with Crippen LogP contribution in [0.4, 0.5) is 11.4 Å². The summed E-state index contributed by atoms with van der Waals surface area (Å²) >= 11 is 6.10. The molecule has 0 atom stereocenters. The van der Waals surface area contributed by atoms with Gasteiger partial charge < -0.3 is 10.0 Å². The summed E-state index contributed by atoms with van der Waals surface area (Å²) in [7, 11) is 2.02. The van der Waals surface area contributed by atoms with Crippen molar-refractivity contribution in [3.8, 4) is 5.75 Å². The molecule has 0 fully saturated rings. The van der Waals surface area contributed by atoms with E-state index in [0.717, 1.165) is 47.5 Å². The van der Waals surface area contributed by atoms with Crippen LogP contribution in [0.3, 0.4) is 0 Å². The normalized spacial score (nSPS) is 10.8. The number of aromatic hydroxyl groups is 1. The lowest BCUT2D eigenvalue weighted by Crippen LogP contribution is -2.22. The second kappa shape index (κ2) is 11.8. The van der Waals surface area contributed by atoms with E-state index < -0.39 is 0 Å². The third kappa shape index (κ3) is 6.10. The molecule has 0 amide bonds. The van der Waals surface area contributed by atoms with Crippen molar-refractivity contribution in [2.75, 3.05) is 25.0 Å². The number of phenolic OH excluding ortho intramolecular Hbond substituents is 1. The molecule has 0 bridgehead atoms. The number of hydrogen-bond acceptors (Lipinski definition) is 4. The van der Waals surface area contributed by atoms with Crippen molar-refractivity contribution in [3.05, 3.63) is 59.2 Å². The van der Waals surface area contributed by atoms with E-state index in [1.165, 1.54) is 12.8 Å². The number of pyridine rings is 1. The van der Waals surface area contributed by atoms with E-state index in [4.69, 9.17) is 11.6 Å². The van der Waals surface area contributed by atoms with Gasteiger partial charge in [-0.25, -0.2) is 0 Å². The van der Waals surface area contributed by atoms with Crippen LogP contribution in [0.1, 0.15) is 46.1 Å². The number of fused-ring (bicyclic) bond motifs is 1. The predicted molar refractivity (Wildman–Crippen MR) is 130 cm³/mol. The zero-order valence-electron chi connectivity index (χ0n) is 18.8. The molecule has 4 nitrogen and oxygen atoms in total. The predicted octanol–water partition coefficient (Wildman–Crippen LogP) is 7.01. The summed E-state index contributed by atoms with van der Waals surface area (Å²) in [5.74, 6) is 0.334. The second-order valence-corrected chi connectivity index (χ2v) is 7.76. The molecule has 1 aromatic heterocycles. The number of anilines is 2. The molecule has 30 heavy (non-hydrogen) atoms. The molecule has 162 valence electrons. The van der Waals surface area contributed by atoms with Crippen molar-refractivity contribution in [2.24, 2.45) is 0 Å². The van der Waals surface area contributed by atoms with Crippen LogP contribution >= 0.6 is 11.6 Å². The summed E-state index contributed by atoms with van der Waals surface area (Å²) < 4.78 is 0. The fourth-order valence-electron chi connectivity index (χ4n) is 3.13. The largest absolute Gasteiger partial charge is 0.508 e. The zero-order chi connectivity index (χ0) is 22.1. The molecule has 0 spiro atoms. The van der Waals surface area contributed by atoms with Gasteiger partial charge >= 0.3 is 0 Å². The van der Waals surface area contributed by atoms with Crippen molar-refractivity contribution in [3.63, 3.8) is 0 Å². The van der Waals surface area contributed by atoms with E-state index in [1.54, 1.807) is 12.3 Å². The highest BCUT2D eigenvalue weighted by Crippen LogP contribution is 2.33. The van der Waals surface area contributed by atoms with Crippen LogP contribution in [-0.2, 0) is 6.54 Å². The van der Waals surface area contributed by atoms with Crippen molar-refractivity contribution in [1.29, 1.82) is 0 Å². The van der Waals surface area contributed by atoms with Crippen molar-refractivity contribution in [1.82, 2.24) is 9.88 Å². The van der Waals surface area contributed by atoms with E-state index in [0.29, 0.717) is 10.8 Å². The van der Waals surface area contributed by atoms with E-state index in [2.05, 4.69) is 48.5 Å². The van der Waals surface area contributed by atoms with Gasteiger partial charge in [0.2, 0.25) is 0 Å². The summed E-state index contributed by atoms with van der Waals surface area (Å²) in [6.45, 7) is 11.3. The van der Waals surface area contributed by atoms with Gasteiger partial charge in [0.05, 0.1) is 11.2 Å². The number of benzene rings is 2. The SMILES string of the molecule is CCCC.CCN(CC)Cc1cc(N(C)c2ccnc3cc(Cl)ccc23)ccc1O. The summed E-state index contributed by atoms with van der Waals surface area (Å²) in [4.78, 5) is 8.81. The van der Waals surface area contributed by atoms with Gasteiger partial charge in [-0.3, -0.25) is 9.88 Å². The first-order chi connectivity index (χ1) is 14.4. The second-order valence-electron chi connectivity index (χ2n) is 7.32. The van der Waals surface area contributed by atoms with Gasteiger partial charge in [0.15, 0.2) is 0 Å². The van der Waals surface area contributed by atoms with Gasteiger partial charge in [-0.15, -0.1) is 0 Å². The Hall–Kier alpha value is -2.30. The van der Waals surface area contributed by atoms with Gasteiger partial charge in [-0.2, -0.15) is 0 Å². The Morgan fingerprint density at radius 1 is 0.933 bits per heavy atom. The maximum absolute atomic E-state index is 10.3. The minimum absolute atomic E-state index is 0.334. The molecule has 0 saturated heterocycles. The molecule has 3 aromatic rings. The lowest BCUT2D eigenvalue weighted by Gasteiger charge is -2.24. The van der Waals surface area contributed by atoms with Crippen LogP contribution in [-0.4, -0.2) is 35.1 Å². The molecule has 1 heterocycles. The number of aromatic nitrogens is 1. The quantitative estimate of drug-likeness (QED) is 0.440. The standard InChI is InChI=1S/C21H24ClN3O.C4H10/c1-4-25(5-2)14-15-12-17(7-9-21(15)26)24(3)20-10-11-23-19-13-16(22)6-8-18(19)20;1-3-4-2/h6-13,26H,4-5,14H2,1-3H3;3-4H2,1-2H3. The molecule has 1 N–H and O–H groups in total. The number of unbranched alkanes of at least 4 members (excludes halogenated alkanes) is 1. The fraction of sp³-hybridized carbons (Fsp3) is 0.400. The molecular weight excluding hydrogens is 394 g/mol. The molecule has 2 aromatic carbocycles. The van der Waals surface area contributed by atoms with Gasteiger partial charge in [-0.05, 0) is 55.6 Å².